The number of fused-ring (bicyclic) bond motifs is 1. The zero-order chi connectivity index (χ0) is 12.6. The van der Waals surface area contributed by atoms with Gasteiger partial charge in [-0.05, 0) is 12.0 Å². The van der Waals surface area contributed by atoms with Gasteiger partial charge in [0.2, 0.25) is 0 Å². The fraction of sp³-hybridized carbons (Fsp3) is 0.385. The molecule has 0 fully saturated rings. The molecule has 92 valence electrons. The maximum atomic E-state index is 14.1. The predicted octanol–water partition coefficient (Wildman–Crippen LogP) is 4.18. The summed E-state index contributed by atoms with van der Waals surface area (Å²) in [5, 5.41) is 0.579. The molecule has 2 nitrogen and oxygen atoms in total. The molecule has 0 aliphatic carbocycles. The van der Waals surface area contributed by atoms with Gasteiger partial charge in [-0.3, -0.25) is 0 Å². The lowest BCUT2D eigenvalue weighted by Crippen LogP contribution is -1.91. The van der Waals surface area contributed by atoms with E-state index in [1.165, 1.54) is 7.11 Å². The molecule has 0 aliphatic heterocycles. The molecule has 4 heteroatoms. The van der Waals surface area contributed by atoms with E-state index < -0.39 is 0 Å². The molecule has 0 saturated carbocycles. The van der Waals surface area contributed by atoms with Crippen LogP contribution in [-0.2, 0) is 0 Å². The zero-order valence-electron chi connectivity index (χ0n) is 10.3. The molecule has 1 heterocycles. The summed E-state index contributed by atoms with van der Waals surface area (Å²) in [6.45, 7) is 4.18. The Hall–Kier alpha value is -1.29. The van der Waals surface area contributed by atoms with Gasteiger partial charge < -0.3 is 9.47 Å². The SMILES string of the molecule is COc1cc(OC)c2sc(C(C)C)cc2c1F. The quantitative estimate of drug-likeness (QED) is 0.818. The number of thiophene rings is 1. The minimum absolute atomic E-state index is 0.224. The molecule has 0 bridgehead atoms. The van der Waals surface area contributed by atoms with Gasteiger partial charge in [0.15, 0.2) is 11.6 Å². The molecule has 0 atom stereocenters. The first kappa shape index (κ1) is 12.2. The maximum Gasteiger partial charge on any atom is 0.173 e. The minimum atomic E-state index is -0.313. The molecule has 0 unspecified atom stereocenters. The van der Waals surface area contributed by atoms with Crippen molar-refractivity contribution in [2.45, 2.75) is 19.8 Å². The van der Waals surface area contributed by atoms with Gasteiger partial charge in [-0.1, -0.05) is 13.8 Å². The van der Waals surface area contributed by atoms with Crippen LogP contribution in [0.25, 0.3) is 10.1 Å². The van der Waals surface area contributed by atoms with Gasteiger partial charge in [0.05, 0.1) is 18.9 Å². The molecule has 2 aromatic rings. The van der Waals surface area contributed by atoms with Crippen molar-refractivity contribution in [1.29, 1.82) is 0 Å². The van der Waals surface area contributed by atoms with Crippen LogP contribution in [0.1, 0.15) is 24.6 Å². The lowest BCUT2D eigenvalue weighted by molar-refractivity contribution is 0.378. The number of benzene rings is 1. The Balaban J connectivity index is 2.76. The Kier molecular flexibility index (Phi) is 3.24. The molecular weight excluding hydrogens is 239 g/mol. The van der Waals surface area contributed by atoms with Crippen molar-refractivity contribution < 1.29 is 13.9 Å². The molecule has 17 heavy (non-hydrogen) atoms. The van der Waals surface area contributed by atoms with Gasteiger partial charge in [0.1, 0.15) is 5.75 Å². The Labute approximate surface area is 104 Å². The number of methoxy groups -OCH3 is 2. The highest BCUT2D eigenvalue weighted by Gasteiger charge is 2.17. The van der Waals surface area contributed by atoms with E-state index in [2.05, 4.69) is 13.8 Å². The van der Waals surface area contributed by atoms with Crippen LogP contribution in [0.3, 0.4) is 0 Å². The van der Waals surface area contributed by atoms with E-state index in [4.69, 9.17) is 9.47 Å². The summed E-state index contributed by atoms with van der Waals surface area (Å²) < 4.78 is 25.2. The van der Waals surface area contributed by atoms with E-state index in [1.807, 2.05) is 6.07 Å². The maximum absolute atomic E-state index is 14.1. The second-order valence-electron chi connectivity index (χ2n) is 4.14. The third kappa shape index (κ3) is 1.97. The molecule has 2 rings (SSSR count). The highest BCUT2D eigenvalue weighted by molar-refractivity contribution is 7.19. The minimum Gasteiger partial charge on any atom is -0.495 e. The van der Waals surface area contributed by atoms with Crippen LogP contribution in [0, 0.1) is 5.82 Å². The summed E-state index contributed by atoms with van der Waals surface area (Å²) in [5.41, 5.74) is 0. The first-order valence-corrected chi connectivity index (χ1v) is 6.24. The smallest absolute Gasteiger partial charge is 0.173 e. The van der Waals surface area contributed by atoms with Crippen molar-refractivity contribution in [1.82, 2.24) is 0 Å². The van der Waals surface area contributed by atoms with Crippen LogP contribution in [0.2, 0.25) is 0 Å². The summed E-state index contributed by atoms with van der Waals surface area (Å²) in [6, 6.07) is 3.48. The second-order valence-corrected chi connectivity index (χ2v) is 5.23. The van der Waals surface area contributed by atoms with Crippen LogP contribution < -0.4 is 9.47 Å². The molecule has 1 aromatic heterocycles. The van der Waals surface area contributed by atoms with Crippen LogP contribution in [-0.4, -0.2) is 14.2 Å². The summed E-state index contributed by atoms with van der Waals surface area (Å²) in [6.07, 6.45) is 0. The number of hydrogen-bond donors (Lipinski definition) is 0. The summed E-state index contributed by atoms with van der Waals surface area (Å²) in [4.78, 5) is 1.14. The molecule has 0 radical (unpaired) electrons. The Morgan fingerprint density at radius 3 is 2.29 bits per heavy atom. The van der Waals surface area contributed by atoms with Crippen molar-refractivity contribution in [3.05, 3.63) is 22.8 Å². The van der Waals surface area contributed by atoms with E-state index in [-0.39, 0.29) is 11.6 Å². The summed E-state index contributed by atoms with van der Waals surface area (Å²) in [7, 11) is 3.04. The van der Waals surface area contributed by atoms with E-state index >= 15 is 0 Å². The normalized spacial score (nSPS) is 11.2. The topological polar surface area (TPSA) is 18.5 Å². The third-order valence-electron chi connectivity index (χ3n) is 2.70. The number of hydrogen-bond acceptors (Lipinski definition) is 3. The summed E-state index contributed by atoms with van der Waals surface area (Å²) >= 11 is 1.57. The van der Waals surface area contributed by atoms with Crippen molar-refractivity contribution in [3.8, 4) is 11.5 Å². The van der Waals surface area contributed by atoms with Crippen LogP contribution in [0.15, 0.2) is 12.1 Å². The first-order chi connectivity index (χ1) is 8.08. The highest BCUT2D eigenvalue weighted by Crippen LogP contribution is 2.41. The van der Waals surface area contributed by atoms with E-state index in [0.29, 0.717) is 17.1 Å². The van der Waals surface area contributed by atoms with Crippen molar-refractivity contribution in [3.63, 3.8) is 0 Å². The summed E-state index contributed by atoms with van der Waals surface area (Å²) in [5.74, 6) is 0.951. The predicted molar refractivity (Wildman–Crippen MR) is 69.0 cm³/mol. The fourth-order valence-electron chi connectivity index (χ4n) is 1.72. The third-order valence-corrected chi connectivity index (χ3v) is 4.15. The number of halogens is 1. The number of rotatable bonds is 3. The molecule has 0 saturated heterocycles. The van der Waals surface area contributed by atoms with Crippen molar-refractivity contribution in [2.24, 2.45) is 0 Å². The van der Waals surface area contributed by atoms with Crippen LogP contribution in [0.4, 0.5) is 4.39 Å². The first-order valence-electron chi connectivity index (χ1n) is 5.42. The number of ether oxygens (including phenoxy) is 2. The van der Waals surface area contributed by atoms with Crippen LogP contribution in [0.5, 0.6) is 11.5 Å². The molecule has 0 aliphatic rings. The Morgan fingerprint density at radius 1 is 1.12 bits per heavy atom. The molecule has 0 N–H and O–H groups in total. The highest BCUT2D eigenvalue weighted by atomic mass is 32.1. The Morgan fingerprint density at radius 2 is 1.76 bits per heavy atom. The van der Waals surface area contributed by atoms with Crippen molar-refractivity contribution >= 4 is 21.4 Å². The monoisotopic (exact) mass is 254 g/mol. The molecule has 0 spiro atoms. The Bertz CT molecular complexity index is 546. The van der Waals surface area contributed by atoms with E-state index in [9.17, 15) is 4.39 Å². The van der Waals surface area contributed by atoms with E-state index in [0.717, 1.165) is 9.58 Å². The lowest BCUT2D eigenvalue weighted by atomic mass is 10.1. The van der Waals surface area contributed by atoms with Gasteiger partial charge in [0, 0.05) is 16.3 Å². The van der Waals surface area contributed by atoms with E-state index in [1.54, 1.807) is 24.5 Å². The van der Waals surface area contributed by atoms with Gasteiger partial charge in [-0.25, -0.2) is 4.39 Å². The lowest BCUT2D eigenvalue weighted by Gasteiger charge is -2.06. The van der Waals surface area contributed by atoms with Gasteiger partial charge in [0.25, 0.3) is 0 Å². The molecule has 0 amide bonds. The van der Waals surface area contributed by atoms with Crippen LogP contribution >= 0.6 is 11.3 Å². The van der Waals surface area contributed by atoms with Crippen molar-refractivity contribution in [2.75, 3.05) is 14.2 Å². The fourth-order valence-corrected chi connectivity index (χ4v) is 2.87. The second kappa shape index (κ2) is 4.53. The van der Waals surface area contributed by atoms with Gasteiger partial charge >= 0.3 is 0 Å². The standard InChI is InChI=1S/C13H15FO2S/c1-7(2)11-5-8-12(14)9(15-3)6-10(16-4)13(8)17-11/h5-7H,1-4H3. The largest absolute Gasteiger partial charge is 0.495 e. The average Bonchev–Trinajstić information content (AvgIpc) is 2.75. The van der Waals surface area contributed by atoms with Gasteiger partial charge in [-0.2, -0.15) is 0 Å². The average molecular weight is 254 g/mol. The van der Waals surface area contributed by atoms with Gasteiger partial charge in [-0.15, -0.1) is 11.3 Å². The molecule has 1 aromatic carbocycles. The molecular formula is C13H15FO2S. The zero-order valence-corrected chi connectivity index (χ0v) is 11.2.